The lowest BCUT2D eigenvalue weighted by molar-refractivity contribution is -0.384. The fraction of sp³-hybridized carbons (Fsp3) is 0.308. The van der Waals surface area contributed by atoms with Crippen LogP contribution in [0.2, 0.25) is 0 Å². The van der Waals surface area contributed by atoms with Crippen LogP contribution in [0.25, 0.3) is 11.3 Å². The van der Waals surface area contributed by atoms with E-state index in [2.05, 4.69) is 17.2 Å². The molecule has 0 saturated heterocycles. The molecule has 0 aliphatic heterocycles. The van der Waals surface area contributed by atoms with Crippen LogP contribution in [-0.4, -0.2) is 23.5 Å². The van der Waals surface area contributed by atoms with Gasteiger partial charge in [0, 0.05) is 23.9 Å². The van der Waals surface area contributed by atoms with Gasteiger partial charge in [0.2, 0.25) is 0 Å². The number of nitro benzene ring substituents is 1. The van der Waals surface area contributed by atoms with Gasteiger partial charge in [-0.1, -0.05) is 19.1 Å². The van der Waals surface area contributed by atoms with Crippen molar-refractivity contribution in [1.29, 1.82) is 0 Å². The Bertz CT molecular complexity index is 583. The lowest BCUT2D eigenvalue weighted by Crippen LogP contribution is -2.14. The normalized spacial score (nSPS) is 12.3. The molecule has 1 unspecified atom stereocenters. The number of hydrogen-bond donors (Lipinski definition) is 1. The second-order valence-electron chi connectivity index (χ2n) is 4.30. The molecule has 0 aliphatic carbocycles. The Morgan fingerprint density at radius 2 is 2.21 bits per heavy atom. The molecule has 1 heterocycles. The fourth-order valence-electron chi connectivity index (χ4n) is 1.88. The van der Waals surface area contributed by atoms with Gasteiger partial charge in [-0.3, -0.25) is 10.1 Å². The topological polar surface area (TPSA) is 68.1 Å². The predicted octanol–water partition coefficient (Wildman–Crippen LogP) is 3.04. The summed E-state index contributed by atoms with van der Waals surface area (Å²) in [4.78, 5) is 15.2. The molecule has 0 amide bonds. The van der Waals surface area contributed by atoms with Crippen LogP contribution in [0.3, 0.4) is 0 Å². The van der Waals surface area contributed by atoms with E-state index in [0.717, 1.165) is 11.6 Å². The first-order valence-corrected chi connectivity index (χ1v) is 6.85. The highest BCUT2D eigenvalue weighted by Crippen LogP contribution is 2.32. The summed E-state index contributed by atoms with van der Waals surface area (Å²) in [5.41, 5.74) is 1.35. The molecular weight excluding hydrogens is 262 g/mol. The maximum absolute atomic E-state index is 11.0. The highest BCUT2D eigenvalue weighted by atomic mass is 32.1. The molecule has 100 valence electrons. The molecule has 1 atom stereocenters. The first-order chi connectivity index (χ1) is 9.13. The van der Waals surface area contributed by atoms with Crippen LogP contribution >= 0.6 is 11.3 Å². The van der Waals surface area contributed by atoms with Gasteiger partial charge < -0.3 is 5.32 Å². The van der Waals surface area contributed by atoms with Crippen molar-refractivity contribution in [2.24, 2.45) is 0 Å². The van der Waals surface area contributed by atoms with Crippen LogP contribution in [0.15, 0.2) is 29.6 Å². The van der Waals surface area contributed by atoms with E-state index in [1.54, 1.807) is 18.2 Å². The highest BCUT2D eigenvalue weighted by molar-refractivity contribution is 7.10. The Morgan fingerprint density at radius 1 is 1.47 bits per heavy atom. The predicted molar refractivity (Wildman–Crippen MR) is 76.5 cm³/mol. The van der Waals surface area contributed by atoms with Crippen LogP contribution in [0, 0.1) is 10.1 Å². The third-order valence-corrected chi connectivity index (χ3v) is 3.91. The molecule has 5 nitrogen and oxygen atoms in total. The first-order valence-electron chi connectivity index (χ1n) is 5.97. The Morgan fingerprint density at radius 3 is 2.89 bits per heavy atom. The zero-order valence-corrected chi connectivity index (χ0v) is 11.6. The van der Waals surface area contributed by atoms with Crippen LogP contribution in [0.1, 0.15) is 17.8 Å². The molecule has 0 bridgehead atoms. The average Bonchev–Trinajstić information content (AvgIpc) is 2.88. The lowest BCUT2D eigenvalue weighted by Gasteiger charge is -2.05. The van der Waals surface area contributed by atoms with Crippen molar-refractivity contribution in [3.05, 3.63) is 44.8 Å². The molecule has 0 fully saturated rings. The van der Waals surface area contributed by atoms with Crippen molar-refractivity contribution in [1.82, 2.24) is 10.3 Å². The first kappa shape index (κ1) is 13.6. The summed E-state index contributed by atoms with van der Waals surface area (Å²) < 4.78 is 0. The van der Waals surface area contributed by atoms with Crippen LogP contribution in [-0.2, 0) is 0 Å². The number of benzene rings is 1. The summed E-state index contributed by atoms with van der Waals surface area (Å²) in [6, 6.07) is 6.70. The van der Waals surface area contributed by atoms with Crippen molar-refractivity contribution in [3.8, 4) is 11.3 Å². The van der Waals surface area contributed by atoms with E-state index >= 15 is 0 Å². The molecule has 2 rings (SSSR count). The van der Waals surface area contributed by atoms with E-state index in [1.165, 1.54) is 17.4 Å². The minimum Gasteiger partial charge on any atom is -0.319 e. The maximum atomic E-state index is 11.0. The Hall–Kier alpha value is -1.79. The zero-order valence-electron chi connectivity index (χ0n) is 10.8. The molecule has 6 heteroatoms. The van der Waals surface area contributed by atoms with Crippen molar-refractivity contribution < 1.29 is 4.92 Å². The number of nitrogens with zero attached hydrogens (tertiary/aromatic N) is 2. The number of aromatic nitrogens is 1. The molecule has 1 aromatic heterocycles. The number of rotatable bonds is 5. The molecule has 0 aliphatic rings. The molecule has 0 spiro atoms. The van der Waals surface area contributed by atoms with Gasteiger partial charge in [0.15, 0.2) is 0 Å². The van der Waals surface area contributed by atoms with Crippen molar-refractivity contribution in [3.63, 3.8) is 0 Å². The van der Waals surface area contributed by atoms with Gasteiger partial charge in [0.25, 0.3) is 5.69 Å². The standard InChI is InChI=1S/C13H15N3O2S/c1-9(7-14-2)13-15-11(8-19-13)10-5-3-4-6-12(10)16(17)18/h3-6,8-9,14H,7H2,1-2H3. The summed E-state index contributed by atoms with van der Waals surface area (Å²) in [7, 11) is 1.90. The van der Waals surface area contributed by atoms with Gasteiger partial charge in [0.1, 0.15) is 0 Å². The molecule has 1 aromatic carbocycles. The van der Waals surface area contributed by atoms with E-state index in [4.69, 9.17) is 0 Å². The summed E-state index contributed by atoms with van der Waals surface area (Å²) >= 11 is 1.54. The number of nitro groups is 1. The molecule has 1 N–H and O–H groups in total. The fourth-order valence-corrected chi connectivity index (χ4v) is 2.76. The molecule has 2 aromatic rings. The number of thiazole rings is 1. The van der Waals surface area contributed by atoms with Gasteiger partial charge in [-0.2, -0.15) is 0 Å². The Balaban J connectivity index is 2.35. The second-order valence-corrected chi connectivity index (χ2v) is 5.19. The van der Waals surface area contributed by atoms with Gasteiger partial charge in [-0.05, 0) is 13.1 Å². The number of nitrogens with one attached hydrogen (secondary N) is 1. The third kappa shape index (κ3) is 2.97. The van der Waals surface area contributed by atoms with Gasteiger partial charge >= 0.3 is 0 Å². The minimum atomic E-state index is -0.370. The highest BCUT2D eigenvalue weighted by Gasteiger charge is 2.18. The molecular formula is C13H15N3O2S. The maximum Gasteiger partial charge on any atom is 0.278 e. The van der Waals surface area contributed by atoms with Crippen LogP contribution < -0.4 is 5.32 Å². The number of hydrogen-bond acceptors (Lipinski definition) is 5. The number of likely N-dealkylation sites (N-methyl/N-ethyl adjacent to an activating group) is 1. The average molecular weight is 277 g/mol. The minimum absolute atomic E-state index is 0.0978. The van der Waals surface area contributed by atoms with Gasteiger partial charge in [-0.15, -0.1) is 11.3 Å². The largest absolute Gasteiger partial charge is 0.319 e. The number of para-hydroxylation sites is 1. The quantitative estimate of drug-likeness (QED) is 0.673. The van der Waals surface area contributed by atoms with Gasteiger partial charge in [-0.25, -0.2) is 4.98 Å². The molecule has 0 radical (unpaired) electrons. The molecule has 0 saturated carbocycles. The van der Waals surface area contributed by atoms with E-state index in [1.807, 2.05) is 12.4 Å². The van der Waals surface area contributed by atoms with E-state index < -0.39 is 0 Å². The van der Waals surface area contributed by atoms with Crippen LogP contribution in [0.5, 0.6) is 0 Å². The monoisotopic (exact) mass is 277 g/mol. The van der Waals surface area contributed by atoms with Crippen LogP contribution in [0.4, 0.5) is 5.69 Å². The SMILES string of the molecule is CNCC(C)c1nc(-c2ccccc2[N+](=O)[O-])cs1. The van der Waals surface area contributed by atoms with E-state index in [9.17, 15) is 10.1 Å². The second kappa shape index (κ2) is 5.90. The van der Waals surface area contributed by atoms with Crippen molar-refractivity contribution in [2.45, 2.75) is 12.8 Å². The van der Waals surface area contributed by atoms with Gasteiger partial charge in [0.05, 0.1) is 21.2 Å². The van der Waals surface area contributed by atoms with E-state index in [0.29, 0.717) is 17.2 Å². The third-order valence-electron chi connectivity index (χ3n) is 2.83. The van der Waals surface area contributed by atoms with Crippen molar-refractivity contribution in [2.75, 3.05) is 13.6 Å². The smallest absolute Gasteiger partial charge is 0.278 e. The Kier molecular flexibility index (Phi) is 4.24. The van der Waals surface area contributed by atoms with Crippen molar-refractivity contribution >= 4 is 17.0 Å². The summed E-state index contributed by atoms with van der Waals surface area (Å²) in [5.74, 6) is 0.298. The summed E-state index contributed by atoms with van der Waals surface area (Å²) in [6.07, 6.45) is 0. The molecule has 19 heavy (non-hydrogen) atoms. The zero-order chi connectivity index (χ0) is 13.8. The van der Waals surface area contributed by atoms with E-state index in [-0.39, 0.29) is 10.6 Å². The summed E-state index contributed by atoms with van der Waals surface area (Å²) in [5, 5.41) is 17.0. The Labute approximate surface area is 115 Å². The lowest BCUT2D eigenvalue weighted by atomic mass is 10.1. The summed E-state index contributed by atoms with van der Waals surface area (Å²) in [6.45, 7) is 2.92.